The molecule has 26 heavy (non-hydrogen) atoms. The molecular formula is C21H26N2O3. The molecule has 2 amide bonds. The van der Waals surface area contributed by atoms with E-state index in [0.29, 0.717) is 13.0 Å². The molecule has 0 bridgehead atoms. The molecule has 0 aliphatic heterocycles. The summed E-state index contributed by atoms with van der Waals surface area (Å²) in [6.45, 7) is 4.46. The van der Waals surface area contributed by atoms with E-state index in [1.165, 1.54) is 0 Å². The number of rotatable bonds is 8. The number of carbonyl (C=O) groups excluding carboxylic acids is 2. The van der Waals surface area contributed by atoms with E-state index in [9.17, 15) is 9.59 Å². The minimum absolute atomic E-state index is 0.185. The number of hydrogen-bond acceptors (Lipinski definition) is 3. The van der Waals surface area contributed by atoms with Crippen molar-refractivity contribution in [1.82, 2.24) is 5.32 Å². The van der Waals surface area contributed by atoms with Crippen molar-refractivity contribution in [3.63, 3.8) is 0 Å². The second-order valence-corrected chi connectivity index (χ2v) is 6.14. The van der Waals surface area contributed by atoms with E-state index in [-0.39, 0.29) is 18.2 Å². The van der Waals surface area contributed by atoms with Gasteiger partial charge in [0.1, 0.15) is 12.2 Å². The van der Waals surface area contributed by atoms with Crippen LogP contribution in [0.4, 0.5) is 5.69 Å². The van der Waals surface area contributed by atoms with Gasteiger partial charge in [-0.1, -0.05) is 37.3 Å². The molecule has 0 fully saturated rings. The quantitative estimate of drug-likeness (QED) is 0.715. The Morgan fingerprint density at radius 3 is 2.58 bits per heavy atom. The molecule has 138 valence electrons. The molecule has 0 spiro atoms. The lowest BCUT2D eigenvalue weighted by molar-refractivity contribution is -0.126. The lowest BCUT2D eigenvalue weighted by atomic mass is 10.1. The molecule has 0 saturated heterocycles. The van der Waals surface area contributed by atoms with Crippen LogP contribution < -0.4 is 15.4 Å². The van der Waals surface area contributed by atoms with Gasteiger partial charge in [0.2, 0.25) is 11.8 Å². The molecule has 0 unspecified atom stereocenters. The van der Waals surface area contributed by atoms with Crippen LogP contribution in [0.2, 0.25) is 0 Å². The summed E-state index contributed by atoms with van der Waals surface area (Å²) in [6, 6.07) is 13.6. The van der Waals surface area contributed by atoms with Crippen LogP contribution in [0.3, 0.4) is 0 Å². The van der Waals surface area contributed by atoms with Crippen molar-refractivity contribution in [2.24, 2.45) is 0 Å². The summed E-state index contributed by atoms with van der Waals surface area (Å²) in [6.07, 6.45) is 1.32. The molecule has 0 aliphatic carbocycles. The lowest BCUT2D eigenvalue weighted by Gasteiger charge is -2.13. The van der Waals surface area contributed by atoms with Crippen LogP contribution in [0.5, 0.6) is 5.75 Å². The molecular weight excluding hydrogens is 328 g/mol. The van der Waals surface area contributed by atoms with Gasteiger partial charge in [-0.05, 0) is 48.6 Å². The zero-order valence-electron chi connectivity index (χ0n) is 15.6. The molecule has 0 aliphatic rings. The Balaban J connectivity index is 1.81. The Labute approximate surface area is 154 Å². The van der Waals surface area contributed by atoms with Gasteiger partial charge >= 0.3 is 0 Å². The smallest absolute Gasteiger partial charge is 0.233 e. The van der Waals surface area contributed by atoms with Crippen LogP contribution >= 0.6 is 0 Å². The first-order chi connectivity index (χ1) is 12.5. The largest absolute Gasteiger partial charge is 0.497 e. The third-order valence-corrected chi connectivity index (χ3v) is 4.20. The predicted octanol–water partition coefficient (Wildman–Crippen LogP) is 3.25. The summed E-state index contributed by atoms with van der Waals surface area (Å²) in [5.41, 5.74) is 3.94. The van der Waals surface area contributed by atoms with Crippen molar-refractivity contribution in [2.45, 2.75) is 33.1 Å². The van der Waals surface area contributed by atoms with E-state index in [2.05, 4.69) is 10.6 Å². The second kappa shape index (κ2) is 9.61. The zero-order valence-corrected chi connectivity index (χ0v) is 15.6. The number of benzene rings is 2. The average Bonchev–Trinajstić information content (AvgIpc) is 2.63. The van der Waals surface area contributed by atoms with Crippen LogP contribution in [0.1, 0.15) is 30.0 Å². The first-order valence-electron chi connectivity index (χ1n) is 8.81. The fourth-order valence-corrected chi connectivity index (χ4v) is 2.77. The third-order valence-electron chi connectivity index (χ3n) is 4.20. The third kappa shape index (κ3) is 5.62. The second-order valence-electron chi connectivity index (χ2n) is 6.14. The lowest BCUT2D eigenvalue weighted by Crippen LogP contribution is -2.30. The maximum Gasteiger partial charge on any atom is 0.233 e. The maximum atomic E-state index is 12.2. The summed E-state index contributed by atoms with van der Waals surface area (Å²) in [5, 5.41) is 5.66. The molecule has 2 N–H and O–H groups in total. The van der Waals surface area contributed by atoms with E-state index >= 15 is 0 Å². The maximum absolute atomic E-state index is 12.2. The van der Waals surface area contributed by atoms with Gasteiger partial charge in [0.25, 0.3) is 0 Å². The molecule has 2 rings (SSSR count). The van der Waals surface area contributed by atoms with Crippen LogP contribution in [-0.2, 0) is 22.4 Å². The standard InChI is InChI=1S/C21H26N2O3/c1-4-17-9-5-7-15(2)21(17)23-20(25)14-19(24)22-12-11-16-8-6-10-18(13-16)26-3/h5-10,13H,4,11-12,14H2,1-3H3,(H,22,24)(H,23,25). The number of amides is 2. The van der Waals surface area contributed by atoms with Gasteiger partial charge in [0.15, 0.2) is 0 Å². The molecule has 5 nitrogen and oxygen atoms in total. The number of para-hydroxylation sites is 1. The van der Waals surface area contributed by atoms with E-state index < -0.39 is 0 Å². The number of aryl methyl sites for hydroxylation is 2. The van der Waals surface area contributed by atoms with Gasteiger partial charge in [-0.2, -0.15) is 0 Å². The van der Waals surface area contributed by atoms with E-state index in [0.717, 1.165) is 34.5 Å². The first-order valence-corrected chi connectivity index (χ1v) is 8.81. The van der Waals surface area contributed by atoms with E-state index in [1.54, 1.807) is 7.11 Å². The SMILES string of the molecule is CCc1cccc(C)c1NC(=O)CC(=O)NCCc1cccc(OC)c1. The van der Waals surface area contributed by atoms with Crippen molar-refractivity contribution in [1.29, 1.82) is 0 Å². The number of anilines is 1. The molecule has 0 aromatic heterocycles. The normalized spacial score (nSPS) is 10.3. The number of methoxy groups -OCH3 is 1. The van der Waals surface area contributed by atoms with Crippen molar-refractivity contribution in [3.05, 3.63) is 59.2 Å². The zero-order chi connectivity index (χ0) is 18.9. The molecule has 0 atom stereocenters. The van der Waals surface area contributed by atoms with Gasteiger partial charge in [-0.25, -0.2) is 0 Å². The van der Waals surface area contributed by atoms with Gasteiger partial charge in [-0.3, -0.25) is 9.59 Å². The highest BCUT2D eigenvalue weighted by atomic mass is 16.5. The predicted molar refractivity (Wildman–Crippen MR) is 104 cm³/mol. The van der Waals surface area contributed by atoms with Crippen LogP contribution in [-0.4, -0.2) is 25.5 Å². The molecule has 2 aromatic carbocycles. The number of nitrogens with one attached hydrogen (secondary N) is 2. The summed E-state index contributed by atoms with van der Waals surface area (Å²) in [4.78, 5) is 24.2. The molecule has 2 aromatic rings. The highest BCUT2D eigenvalue weighted by Crippen LogP contribution is 2.21. The van der Waals surface area contributed by atoms with Crippen LogP contribution in [0.25, 0.3) is 0 Å². The van der Waals surface area contributed by atoms with Crippen molar-refractivity contribution in [2.75, 3.05) is 19.0 Å². The topological polar surface area (TPSA) is 67.4 Å². The van der Waals surface area contributed by atoms with Gasteiger partial charge in [0.05, 0.1) is 7.11 Å². The highest BCUT2D eigenvalue weighted by Gasteiger charge is 2.12. The van der Waals surface area contributed by atoms with Crippen molar-refractivity contribution in [3.8, 4) is 5.75 Å². The minimum atomic E-state index is -0.298. The van der Waals surface area contributed by atoms with E-state index in [1.807, 2.05) is 56.3 Å². The minimum Gasteiger partial charge on any atom is -0.497 e. The Hall–Kier alpha value is -2.82. The van der Waals surface area contributed by atoms with Gasteiger partial charge < -0.3 is 15.4 Å². The van der Waals surface area contributed by atoms with E-state index in [4.69, 9.17) is 4.74 Å². The summed E-state index contributed by atoms with van der Waals surface area (Å²) in [7, 11) is 1.62. The number of hydrogen-bond donors (Lipinski definition) is 2. The van der Waals surface area contributed by atoms with Gasteiger partial charge in [0, 0.05) is 12.2 Å². The molecule has 0 heterocycles. The number of carbonyl (C=O) groups is 2. The van der Waals surface area contributed by atoms with Crippen molar-refractivity contribution >= 4 is 17.5 Å². The Kier molecular flexibility index (Phi) is 7.21. The monoisotopic (exact) mass is 354 g/mol. The fourth-order valence-electron chi connectivity index (χ4n) is 2.77. The summed E-state index contributed by atoms with van der Waals surface area (Å²) >= 11 is 0. The highest BCUT2D eigenvalue weighted by molar-refractivity contribution is 6.04. The number of ether oxygens (including phenoxy) is 1. The molecule has 0 radical (unpaired) electrons. The molecule has 5 heteroatoms. The summed E-state index contributed by atoms with van der Waals surface area (Å²) < 4.78 is 5.18. The Morgan fingerprint density at radius 2 is 1.85 bits per heavy atom. The van der Waals surface area contributed by atoms with Crippen molar-refractivity contribution < 1.29 is 14.3 Å². The van der Waals surface area contributed by atoms with Crippen LogP contribution in [0, 0.1) is 6.92 Å². The fraction of sp³-hybridized carbons (Fsp3) is 0.333. The van der Waals surface area contributed by atoms with Gasteiger partial charge in [-0.15, -0.1) is 0 Å². The first kappa shape index (κ1) is 19.5. The Bertz CT molecular complexity index is 772. The summed E-state index contributed by atoms with van der Waals surface area (Å²) in [5.74, 6) is 0.211. The van der Waals surface area contributed by atoms with Crippen LogP contribution in [0.15, 0.2) is 42.5 Å². The molecule has 0 saturated carbocycles. The Morgan fingerprint density at radius 1 is 1.08 bits per heavy atom. The average molecular weight is 354 g/mol.